The van der Waals surface area contributed by atoms with E-state index < -0.39 is 0 Å². The molecular formula is C20H18O4S. The molecule has 0 saturated heterocycles. The van der Waals surface area contributed by atoms with Crippen molar-refractivity contribution in [1.82, 2.24) is 0 Å². The van der Waals surface area contributed by atoms with Gasteiger partial charge in [-0.3, -0.25) is 14.4 Å². The number of rotatable bonds is 8. The SMILES string of the molecule is COC(=O)CCS/C(=C\C(=O)c1ccccc1)C(=O)c1ccccc1. The zero-order valence-electron chi connectivity index (χ0n) is 13.8. The van der Waals surface area contributed by atoms with Crippen LogP contribution in [0.15, 0.2) is 71.6 Å². The average molecular weight is 354 g/mol. The Morgan fingerprint density at radius 2 is 1.48 bits per heavy atom. The van der Waals surface area contributed by atoms with Gasteiger partial charge in [0.05, 0.1) is 18.4 Å². The van der Waals surface area contributed by atoms with Gasteiger partial charge in [-0.15, -0.1) is 11.8 Å². The predicted octanol–water partition coefficient (Wildman–Crippen LogP) is 3.93. The first-order valence-corrected chi connectivity index (χ1v) is 8.71. The number of hydrogen-bond donors (Lipinski definition) is 0. The molecule has 2 aromatic carbocycles. The van der Waals surface area contributed by atoms with Gasteiger partial charge in [-0.05, 0) is 0 Å². The van der Waals surface area contributed by atoms with E-state index in [0.717, 1.165) is 0 Å². The number of thioether (sulfide) groups is 1. The number of esters is 1. The Labute approximate surface area is 150 Å². The maximum Gasteiger partial charge on any atom is 0.306 e. The number of ketones is 2. The molecule has 4 nitrogen and oxygen atoms in total. The van der Waals surface area contributed by atoms with E-state index in [2.05, 4.69) is 4.74 Å². The number of Topliss-reactive ketones (excluding diaryl/α,β-unsaturated/α-hetero) is 1. The lowest BCUT2D eigenvalue weighted by atomic mass is 10.1. The minimum absolute atomic E-state index is 0.167. The zero-order chi connectivity index (χ0) is 18.1. The van der Waals surface area contributed by atoms with Crippen molar-refractivity contribution in [2.24, 2.45) is 0 Å². The van der Waals surface area contributed by atoms with Gasteiger partial charge in [-0.2, -0.15) is 0 Å². The fourth-order valence-electron chi connectivity index (χ4n) is 2.06. The fraction of sp³-hybridized carbons (Fsp3) is 0.150. The molecule has 2 aromatic rings. The number of hydrogen-bond acceptors (Lipinski definition) is 5. The van der Waals surface area contributed by atoms with Crippen LogP contribution in [0.3, 0.4) is 0 Å². The van der Waals surface area contributed by atoms with Crippen LogP contribution in [0.5, 0.6) is 0 Å². The molecule has 0 radical (unpaired) electrons. The molecule has 2 rings (SSSR count). The predicted molar refractivity (Wildman–Crippen MR) is 98.7 cm³/mol. The number of ether oxygens (including phenoxy) is 1. The smallest absolute Gasteiger partial charge is 0.306 e. The molecule has 0 saturated carbocycles. The molecule has 0 atom stereocenters. The Bertz CT molecular complexity index is 767. The quantitative estimate of drug-likeness (QED) is 0.408. The number of carbonyl (C=O) groups excluding carboxylic acids is 3. The summed E-state index contributed by atoms with van der Waals surface area (Å²) in [7, 11) is 1.32. The van der Waals surface area contributed by atoms with E-state index >= 15 is 0 Å². The highest BCUT2D eigenvalue weighted by molar-refractivity contribution is 8.04. The van der Waals surface area contributed by atoms with E-state index in [0.29, 0.717) is 21.8 Å². The Balaban J connectivity index is 2.22. The molecule has 0 aliphatic rings. The van der Waals surface area contributed by atoms with E-state index in [1.807, 2.05) is 12.1 Å². The first kappa shape index (κ1) is 18.7. The largest absolute Gasteiger partial charge is 0.469 e. The second-order valence-electron chi connectivity index (χ2n) is 5.11. The van der Waals surface area contributed by atoms with Crippen LogP contribution in [0.25, 0.3) is 0 Å². The Kier molecular flexibility index (Phi) is 7.16. The second kappa shape index (κ2) is 9.59. The van der Waals surface area contributed by atoms with Gasteiger partial charge < -0.3 is 4.74 Å². The molecule has 5 heteroatoms. The summed E-state index contributed by atoms with van der Waals surface area (Å²) in [6.45, 7) is 0. The summed E-state index contributed by atoms with van der Waals surface area (Å²) in [6, 6.07) is 17.5. The van der Waals surface area contributed by atoms with Gasteiger partial charge in [0.25, 0.3) is 0 Å². The molecule has 0 aliphatic heterocycles. The van der Waals surface area contributed by atoms with Crippen LogP contribution in [-0.4, -0.2) is 30.4 Å². The van der Waals surface area contributed by atoms with Crippen molar-refractivity contribution >= 4 is 29.3 Å². The van der Waals surface area contributed by atoms with Crippen molar-refractivity contribution in [3.05, 3.63) is 82.8 Å². The standard InChI is InChI=1S/C20H18O4S/c1-24-19(22)12-13-25-18(20(23)16-10-6-3-7-11-16)14-17(21)15-8-4-2-5-9-15/h2-11,14H,12-13H2,1H3/b18-14-. The van der Waals surface area contributed by atoms with Crippen molar-refractivity contribution < 1.29 is 19.1 Å². The summed E-state index contributed by atoms with van der Waals surface area (Å²) < 4.78 is 4.60. The minimum atomic E-state index is -0.353. The van der Waals surface area contributed by atoms with E-state index in [4.69, 9.17) is 0 Å². The van der Waals surface area contributed by atoms with Crippen molar-refractivity contribution in [3.63, 3.8) is 0 Å². The van der Waals surface area contributed by atoms with Gasteiger partial charge in [-0.25, -0.2) is 0 Å². The summed E-state index contributed by atoms with van der Waals surface area (Å²) in [4.78, 5) is 36.7. The van der Waals surface area contributed by atoms with Crippen LogP contribution in [-0.2, 0) is 9.53 Å². The highest BCUT2D eigenvalue weighted by Gasteiger charge is 2.16. The topological polar surface area (TPSA) is 60.4 Å². The van der Waals surface area contributed by atoms with E-state index in [1.54, 1.807) is 48.5 Å². The van der Waals surface area contributed by atoms with Gasteiger partial charge in [0, 0.05) is 23.0 Å². The molecule has 25 heavy (non-hydrogen) atoms. The first-order chi connectivity index (χ1) is 12.1. The van der Waals surface area contributed by atoms with Gasteiger partial charge >= 0.3 is 5.97 Å². The number of benzene rings is 2. The number of carbonyl (C=O) groups is 3. The molecule has 0 bridgehead atoms. The average Bonchev–Trinajstić information content (AvgIpc) is 2.67. The summed E-state index contributed by atoms with van der Waals surface area (Å²) in [5.74, 6) is -0.474. The van der Waals surface area contributed by atoms with Crippen molar-refractivity contribution in [1.29, 1.82) is 0 Å². The maximum atomic E-state index is 12.7. The Morgan fingerprint density at radius 1 is 0.920 bits per heavy atom. The molecule has 0 aromatic heterocycles. The van der Waals surface area contributed by atoms with Crippen LogP contribution in [0.4, 0.5) is 0 Å². The molecule has 0 N–H and O–H groups in total. The Morgan fingerprint density at radius 3 is 2.04 bits per heavy atom. The number of allylic oxidation sites excluding steroid dienone is 2. The van der Waals surface area contributed by atoms with E-state index in [1.165, 1.54) is 24.9 Å². The van der Waals surface area contributed by atoms with Gasteiger partial charge in [0.15, 0.2) is 11.6 Å². The maximum absolute atomic E-state index is 12.7. The lowest BCUT2D eigenvalue weighted by molar-refractivity contribution is -0.140. The summed E-state index contributed by atoms with van der Waals surface area (Å²) in [5.41, 5.74) is 1.01. The molecule has 0 unspecified atom stereocenters. The lowest BCUT2D eigenvalue weighted by Gasteiger charge is -2.07. The fourth-order valence-corrected chi connectivity index (χ4v) is 2.98. The molecule has 128 valence electrons. The normalized spacial score (nSPS) is 11.0. The minimum Gasteiger partial charge on any atom is -0.469 e. The third-order valence-corrected chi connectivity index (χ3v) is 4.39. The highest BCUT2D eigenvalue weighted by Crippen LogP contribution is 2.23. The zero-order valence-corrected chi connectivity index (χ0v) is 14.6. The van der Waals surface area contributed by atoms with Gasteiger partial charge in [-0.1, -0.05) is 60.7 Å². The van der Waals surface area contributed by atoms with Crippen LogP contribution in [0, 0.1) is 0 Å². The monoisotopic (exact) mass is 354 g/mol. The van der Waals surface area contributed by atoms with Gasteiger partial charge in [0.1, 0.15) is 0 Å². The highest BCUT2D eigenvalue weighted by atomic mass is 32.2. The van der Waals surface area contributed by atoms with E-state index in [-0.39, 0.29) is 24.0 Å². The van der Waals surface area contributed by atoms with Crippen molar-refractivity contribution in [3.8, 4) is 0 Å². The van der Waals surface area contributed by atoms with Crippen LogP contribution in [0.2, 0.25) is 0 Å². The molecule has 0 heterocycles. The number of methoxy groups -OCH3 is 1. The van der Waals surface area contributed by atoms with Crippen molar-refractivity contribution in [2.45, 2.75) is 6.42 Å². The third-order valence-electron chi connectivity index (χ3n) is 3.37. The summed E-state index contributed by atoms with van der Waals surface area (Å²) in [5, 5.41) is 0. The van der Waals surface area contributed by atoms with Crippen LogP contribution >= 0.6 is 11.8 Å². The molecule has 0 aliphatic carbocycles. The second-order valence-corrected chi connectivity index (χ2v) is 6.25. The third kappa shape index (κ3) is 5.72. The lowest BCUT2D eigenvalue weighted by Crippen LogP contribution is -2.07. The van der Waals surface area contributed by atoms with E-state index in [9.17, 15) is 14.4 Å². The molecule has 0 fully saturated rings. The Hall–Kier alpha value is -2.66. The van der Waals surface area contributed by atoms with Crippen LogP contribution < -0.4 is 0 Å². The molecule has 0 amide bonds. The molecular weight excluding hydrogens is 336 g/mol. The molecule has 0 spiro atoms. The van der Waals surface area contributed by atoms with Gasteiger partial charge in [0.2, 0.25) is 0 Å². The van der Waals surface area contributed by atoms with Crippen molar-refractivity contribution in [2.75, 3.05) is 12.9 Å². The van der Waals surface area contributed by atoms with Crippen LogP contribution in [0.1, 0.15) is 27.1 Å². The first-order valence-electron chi connectivity index (χ1n) is 7.72. The summed E-state index contributed by atoms with van der Waals surface area (Å²) in [6.07, 6.45) is 1.51. The summed E-state index contributed by atoms with van der Waals surface area (Å²) >= 11 is 1.18.